The quantitative estimate of drug-likeness (QED) is 0.775. The van der Waals surface area contributed by atoms with Crippen molar-refractivity contribution in [3.05, 3.63) is 23.8 Å². The number of carbonyl (C=O) groups is 1. The normalized spacial score (nSPS) is 22.4. The lowest BCUT2D eigenvalue weighted by Crippen LogP contribution is -2.39. The number of nitrogens with zero attached hydrogens (tertiary/aromatic N) is 1. The Morgan fingerprint density at radius 1 is 1.61 bits per heavy atom. The Balaban J connectivity index is 2.15. The number of nitriles is 1. The molecule has 1 saturated heterocycles. The Hall–Kier alpha value is -2.06. The van der Waals surface area contributed by atoms with E-state index in [-0.39, 0.29) is 5.91 Å². The van der Waals surface area contributed by atoms with E-state index in [1.165, 1.54) is 6.07 Å². The number of benzene rings is 1. The minimum Gasteiger partial charge on any atom is -0.397 e. The number of rotatable bonds is 2. The molecule has 1 fully saturated rings. The van der Waals surface area contributed by atoms with E-state index in [4.69, 9.17) is 15.7 Å². The summed E-state index contributed by atoms with van der Waals surface area (Å²) in [5, 5.41) is 11.5. The molecule has 0 radical (unpaired) electrons. The van der Waals surface area contributed by atoms with Gasteiger partial charge in [-0.2, -0.15) is 5.26 Å². The molecular weight excluding hydrogens is 230 g/mol. The molecule has 0 spiro atoms. The summed E-state index contributed by atoms with van der Waals surface area (Å²) < 4.78 is 5.45. The molecule has 1 aromatic carbocycles. The van der Waals surface area contributed by atoms with E-state index in [9.17, 15) is 4.79 Å². The highest BCUT2D eigenvalue weighted by Crippen LogP contribution is 2.28. The van der Waals surface area contributed by atoms with Crippen LogP contribution >= 0.6 is 0 Å². The average molecular weight is 245 g/mol. The zero-order valence-corrected chi connectivity index (χ0v) is 10.2. The van der Waals surface area contributed by atoms with Gasteiger partial charge in [0.05, 0.1) is 23.0 Å². The van der Waals surface area contributed by atoms with Crippen molar-refractivity contribution in [2.75, 3.05) is 17.7 Å². The van der Waals surface area contributed by atoms with Crippen LogP contribution in [0, 0.1) is 11.3 Å². The fourth-order valence-electron chi connectivity index (χ4n) is 1.96. The Morgan fingerprint density at radius 2 is 2.39 bits per heavy atom. The molecule has 1 aromatic rings. The highest BCUT2D eigenvalue weighted by molar-refractivity contribution is 5.99. The first kappa shape index (κ1) is 12.4. The Morgan fingerprint density at radius 3 is 2.94 bits per heavy atom. The smallest absolute Gasteiger partial charge is 0.256 e. The maximum Gasteiger partial charge on any atom is 0.256 e. The van der Waals surface area contributed by atoms with Gasteiger partial charge in [-0.1, -0.05) is 0 Å². The van der Waals surface area contributed by atoms with Crippen molar-refractivity contribution in [3.63, 3.8) is 0 Å². The molecule has 0 aliphatic carbocycles. The fourth-order valence-corrected chi connectivity index (χ4v) is 1.96. The van der Waals surface area contributed by atoms with E-state index in [2.05, 4.69) is 5.32 Å². The molecule has 0 saturated carbocycles. The van der Waals surface area contributed by atoms with Gasteiger partial charge in [-0.25, -0.2) is 0 Å². The van der Waals surface area contributed by atoms with Crippen molar-refractivity contribution in [2.24, 2.45) is 0 Å². The van der Waals surface area contributed by atoms with Gasteiger partial charge in [0.15, 0.2) is 0 Å². The van der Waals surface area contributed by atoms with Crippen LogP contribution in [0.2, 0.25) is 0 Å². The van der Waals surface area contributed by atoms with E-state index in [0.717, 1.165) is 6.42 Å². The molecule has 1 heterocycles. The van der Waals surface area contributed by atoms with Crippen LogP contribution in [0.3, 0.4) is 0 Å². The van der Waals surface area contributed by atoms with Gasteiger partial charge < -0.3 is 15.8 Å². The summed E-state index contributed by atoms with van der Waals surface area (Å²) in [6.07, 6.45) is 1.59. The van der Waals surface area contributed by atoms with Gasteiger partial charge in [-0.05, 0) is 38.0 Å². The fraction of sp³-hybridized carbons (Fsp3) is 0.385. The minimum absolute atomic E-state index is 0.198. The van der Waals surface area contributed by atoms with E-state index in [0.29, 0.717) is 30.0 Å². The lowest BCUT2D eigenvalue weighted by molar-refractivity contribution is -0.133. The number of nitrogens with one attached hydrogen (secondary N) is 1. The first-order chi connectivity index (χ1) is 8.55. The first-order valence-electron chi connectivity index (χ1n) is 5.80. The topological polar surface area (TPSA) is 88.1 Å². The Labute approximate surface area is 106 Å². The molecule has 3 N–H and O–H groups in total. The highest BCUT2D eigenvalue weighted by Gasteiger charge is 2.37. The van der Waals surface area contributed by atoms with Crippen molar-refractivity contribution in [1.82, 2.24) is 0 Å². The standard InChI is InChI=1S/C13H15N3O2/c1-13(5-2-6-18-13)12(17)16-11-4-3-9(8-14)7-10(11)15/h3-4,7H,2,5-6,15H2,1H3,(H,16,17). The molecule has 5 nitrogen and oxygen atoms in total. The van der Waals surface area contributed by atoms with Crippen LogP contribution in [0.1, 0.15) is 25.3 Å². The highest BCUT2D eigenvalue weighted by atomic mass is 16.5. The minimum atomic E-state index is -0.777. The SMILES string of the molecule is CC1(C(=O)Nc2ccc(C#N)cc2N)CCCO1. The third-order valence-electron chi connectivity index (χ3n) is 3.13. The summed E-state index contributed by atoms with van der Waals surface area (Å²) in [5.41, 5.74) is 6.36. The van der Waals surface area contributed by atoms with Crippen molar-refractivity contribution in [2.45, 2.75) is 25.4 Å². The number of hydrogen-bond acceptors (Lipinski definition) is 4. The van der Waals surface area contributed by atoms with Gasteiger partial charge >= 0.3 is 0 Å². The third-order valence-corrected chi connectivity index (χ3v) is 3.13. The second kappa shape index (κ2) is 4.67. The van der Waals surface area contributed by atoms with E-state index < -0.39 is 5.60 Å². The summed E-state index contributed by atoms with van der Waals surface area (Å²) in [7, 11) is 0. The van der Waals surface area contributed by atoms with E-state index in [1.54, 1.807) is 19.1 Å². The maximum absolute atomic E-state index is 12.1. The third kappa shape index (κ3) is 2.29. The summed E-state index contributed by atoms with van der Waals surface area (Å²) in [6.45, 7) is 2.38. The Bertz CT molecular complexity index is 513. The summed E-state index contributed by atoms with van der Waals surface area (Å²) in [4.78, 5) is 12.1. The molecular formula is C13H15N3O2. The summed E-state index contributed by atoms with van der Waals surface area (Å²) in [6, 6.07) is 6.77. The largest absolute Gasteiger partial charge is 0.397 e. The summed E-state index contributed by atoms with van der Waals surface area (Å²) >= 11 is 0. The van der Waals surface area contributed by atoms with E-state index >= 15 is 0 Å². The second-order valence-corrected chi connectivity index (χ2v) is 4.55. The molecule has 1 amide bonds. The van der Waals surface area contributed by atoms with Crippen LogP contribution < -0.4 is 11.1 Å². The monoisotopic (exact) mass is 245 g/mol. The molecule has 5 heteroatoms. The van der Waals surface area contributed by atoms with E-state index in [1.807, 2.05) is 6.07 Å². The van der Waals surface area contributed by atoms with Crippen molar-refractivity contribution in [3.8, 4) is 6.07 Å². The van der Waals surface area contributed by atoms with Gasteiger partial charge in [0.2, 0.25) is 0 Å². The molecule has 1 unspecified atom stereocenters. The van der Waals surface area contributed by atoms with Crippen LogP contribution in [-0.4, -0.2) is 18.1 Å². The zero-order chi connectivity index (χ0) is 13.2. The maximum atomic E-state index is 12.1. The number of amides is 1. The van der Waals surface area contributed by atoms with Crippen molar-refractivity contribution >= 4 is 17.3 Å². The van der Waals surface area contributed by atoms with Gasteiger partial charge in [-0.3, -0.25) is 4.79 Å². The number of nitrogen functional groups attached to an aromatic ring is 1. The van der Waals surface area contributed by atoms with Gasteiger partial charge in [0.1, 0.15) is 5.60 Å². The number of ether oxygens (including phenoxy) is 1. The first-order valence-corrected chi connectivity index (χ1v) is 5.80. The lowest BCUT2D eigenvalue weighted by atomic mass is 10.0. The Kier molecular flexibility index (Phi) is 3.21. The number of hydrogen-bond donors (Lipinski definition) is 2. The van der Waals surface area contributed by atoms with Crippen LogP contribution in [0.5, 0.6) is 0 Å². The van der Waals surface area contributed by atoms with Crippen LogP contribution in [0.4, 0.5) is 11.4 Å². The molecule has 1 atom stereocenters. The van der Waals surface area contributed by atoms with Crippen LogP contribution in [-0.2, 0) is 9.53 Å². The second-order valence-electron chi connectivity index (χ2n) is 4.55. The molecule has 2 rings (SSSR count). The molecule has 94 valence electrons. The molecule has 0 aromatic heterocycles. The summed E-state index contributed by atoms with van der Waals surface area (Å²) in [5.74, 6) is -0.198. The van der Waals surface area contributed by atoms with Crippen molar-refractivity contribution in [1.29, 1.82) is 5.26 Å². The number of anilines is 2. The van der Waals surface area contributed by atoms with Crippen molar-refractivity contribution < 1.29 is 9.53 Å². The van der Waals surface area contributed by atoms with Crippen LogP contribution in [0.15, 0.2) is 18.2 Å². The molecule has 0 bridgehead atoms. The van der Waals surface area contributed by atoms with Gasteiger partial charge in [0, 0.05) is 6.61 Å². The van der Waals surface area contributed by atoms with Crippen LogP contribution in [0.25, 0.3) is 0 Å². The lowest BCUT2D eigenvalue weighted by Gasteiger charge is -2.22. The number of nitrogens with two attached hydrogens (primary N) is 1. The molecule has 1 aliphatic rings. The zero-order valence-electron chi connectivity index (χ0n) is 10.2. The predicted molar refractivity (Wildman–Crippen MR) is 67.8 cm³/mol. The van der Waals surface area contributed by atoms with Gasteiger partial charge in [0.25, 0.3) is 5.91 Å². The predicted octanol–water partition coefficient (Wildman–Crippen LogP) is 1.65. The number of carbonyl (C=O) groups excluding carboxylic acids is 1. The molecule has 1 aliphatic heterocycles. The van der Waals surface area contributed by atoms with Gasteiger partial charge in [-0.15, -0.1) is 0 Å². The molecule has 18 heavy (non-hydrogen) atoms. The average Bonchev–Trinajstić information content (AvgIpc) is 2.80.